The van der Waals surface area contributed by atoms with Gasteiger partial charge in [-0.05, 0) is 38.5 Å². The summed E-state index contributed by atoms with van der Waals surface area (Å²) in [6, 6.07) is 4.55. The zero-order valence-electron chi connectivity index (χ0n) is 10.9. The average molecular weight is 232 g/mol. The molecule has 0 aliphatic carbocycles. The normalized spacial score (nSPS) is 12.9. The van der Waals surface area contributed by atoms with Gasteiger partial charge >= 0.3 is 0 Å². The van der Waals surface area contributed by atoms with Crippen LogP contribution in [0.15, 0.2) is 28.9 Å². The van der Waals surface area contributed by atoms with Gasteiger partial charge in [-0.3, -0.25) is 0 Å². The maximum absolute atomic E-state index is 5.55. The highest BCUT2D eigenvalue weighted by Crippen LogP contribution is 2.21. The van der Waals surface area contributed by atoms with Crippen LogP contribution in [0.2, 0.25) is 0 Å². The Hall–Kier alpha value is -1.48. The van der Waals surface area contributed by atoms with Gasteiger partial charge in [0.1, 0.15) is 11.5 Å². The van der Waals surface area contributed by atoms with Crippen LogP contribution in [0, 0.1) is 13.8 Å². The summed E-state index contributed by atoms with van der Waals surface area (Å²) in [4.78, 5) is 0. The number of rotatable bonds is 4. The zero-order chi connectivity index (χ0) is 12.4. The van der Waals surface area contributed by atoms with Crippen molar-refractivity contribution in [2.75, 3.05) is 0 Å². The SMILES string of the molecule is Cc1cc(C(C)NCc2ccn(C)c2)c(C)o1. The maximum Gasteiger partial charge on any atom is 0.105 e. The van der Waals surface area contributed by atoms with Gasteiger partial charge in [0.05, 0.1) is 0 Å². The quantitative estimate of drug-likeness (QED) is 0.878. The molecule has 0 fully saturated rings. The van der Waals surface area contributed by atoms with E-state index in [2.05, 4.69) is 41.3 Å². The molecule has 3 nitrogen and oxygen atoms in total. The van der Waals surface area contributed by atoms with Crippen LogP contribution >= 0.6 is 0 Å². The largest absolute Gasteiger partial charge is 0.466 e. The predicted octanol–water partition coefficient (Wildman–Crippen LogP) is 3.09. The number of furan rings is 1. The minimum Gasteiger partial charge on any atom is -0.466 e. The molecule has 92 valence electrons. The molecule has 0 spiro atoms. The Morgan fingerprint density at radius 1 is 1.41 bits per heavy atom. The van der Waals surface area contributed by atoms with Crippen molar-refractivity contribution in [1.82, 2.24) is 9.88 Å². The smallest absolute Gasteiger partial charge is 0.105 e. The first-order valence-corrected chi connectivity index (χ1v) is 5.97. The van der Waals surface area contributed by atoms with E-state index in [0.29, 0.717) is 6.04 Å². The van der Waals surface area contributed by atoms with E-state index in [9.17, 15) is 0 Å². The Bertz CT molecular complexity index is 496. The molecule has 2 aromatic rings. The fraction of sp³-hybridized carbons (Fsp3) is 0.429. The summed E-state index contributed by atoms with van der Waals surface area (Å²) >= 11 is 0. The summed E-state index contributed by atoms with van der Waals surface area (Å²) in [6.07, 6.45) is 4.20. The molecule has 0 aliphatic heterocycles. The lowest BCUT2D eigenvalue weighted by Gasteiger charge is -2.12. The Kier molecular flexibility index (Phi) is 3.38. The summed E-state index contributed by atoms with van der Waals surface area (Å²) in [5.41, 5.74) is 2.55. The summed E-state index contributed by atoms with van der Waals surface area (Å²) in [7, 11) is 2.04. The van der Waals surface area contributed by atoms with Crippen LogP contribution in [0.4, 0.5) is 0 Å². The first-order valence-electron chi connectivity index (χ1n) is 5.97. The second-order valence-corrected chi connectivity index (χ2v) is 4.66. The molecule has 0 saturated carbocycles. The number of aryl methyl sites for hydroxylation is 3. The van der Waals surface area contributed by atoms with Crippen molar-refractivity contribution in [3.05, 3.63) is 47.2 Å². The van der Waals surface area contributed by atoms with Crippen molar-refractivity contribution in [2.45, 2.75) is 33.4 Å². The third kappa shape index (κ3) is 2.80. The monoisotopic (exact) mass is 232 g/mol. The van der Waals surface area contributed by atoms with E-state index in [1.807, 2.05) is 20.9 Å². The highest BCUT2D eigenvalue weighted by molar-refractivity contribution is 5.23. The fourth-order valence-electron chi connectivity index (χ4n) is 2.13. The molecular weight excluding hydrogens is 212 g/mol. The average Bonchev–Trinajstić information content (AvgIpc) is 2.81. The third-order valence-electron chi connectivity index (χ3n) is 3.05. The molecule has 1 N–H and O–H groups in total. The van der Waals surface area contributed by atoms with Crippen LogP contribution in [0.3, 0.4) is 0 Å². The van der Waals surface area contributed by atoms with Crippen LogP contribution in [-0.2, 0) is 13.6 Å². The first kappa shape index (κ1) is 12.0. The molecule has 0 aliphatic rings. The minimum absolute atomic E-state index is 0.313. The lowest BCUT2D eigenvalue weighted by Crippen LogP contribution is -2.17. The molecular formula is C14H20N2O. The number of hydrogen-bond donors (Lipinski definition) is 1. The third-order valence-corrected chi connectivity index (χ3v) is 3.05. The van der Waals surface area contributed by atoms with Crippen LogP contribution in [0.25, 0.3) is 0 Å². The van der Waals surface area contributed by atoms with Crippen molar-refractivity contribution in [3.8, 4) is 0 Å². The van der Waals surface area contributed by atoms with Gasteiger partial charge in [0.15, 0.2) is 0 Å². The summed E-state index contributed by atoms with van der Waals surface area (Å²) < 4.78 is 7.61. The van der Waals surface area contributed by atoms with Crippen molar-refractivity contribution >= 4 is 0 Å². The standard InChI is InChI=1S/C14H20N2O/c1-10-7-14(12(3)17-10)11(2)15-8-13-5-6-16(4)9-13/h5-7,9,11,15H,8H2,1-4H3. The molecule has 0 radical (unpaired) electrons. The van der Waals surface area contributed by atoms with Gasteiger partial charge in [0, 0.05) is 37.6 Å². The zero-order valence-corrected chi connectivity index (χ0v) is 10.9. The molecule has 0 amide bonds. The van der Waals surface area contributed by atoms with E-state index in [-0.39, 0.29) is 0 Å². The van der Waals surface area contributed by atoms with Crippen molar-refractivity contribution in [2.24, 2.45) is 7.05 Å². The van der Waals surface area contributed by atoms with Crippen LogP contribution in [0.5, 0.6) is 0 Å². The number of hydrogen-bond acceptors (Lipinski definition) is 2. The molecule has 2 rings (SSSR count). The summed E-state index contributed by atoms with van der Waals surface area (Å²) in [5.74, 6) is 1.99. The van der Waals surface area contributed by atoms with Gasteiger partial charge in [-0.15, -0.1) is 0 Å². The molecule has 1 atom stereocenters. The van der Waals surface area contributed by atoms with E-state index in [1.54, 1.807) is 0 Å². The lowest BCUT2D eigenvalue weighted by molar-refractivity contribution is 0.489. The molecule has 17 heavy (non-hydrogen) atoms. The van der Waals surface area contributed by atoms with E-state index >= 15 is 0 Å². The van der Waals surface area contributed by atoms with E-state index in [1.165, 1.54) is 11.1 Å². The van der Waals surface area contributed by atoms with Crippen molar-refractivity contribution in [1.29, 1.82) is 0 Å². The molecule has 2 aromatic heterocycles. The van der Waals surface area contributed by atoms with Gasteiger partial charge in [0.25, 0.3) is 0 Å². The summed E-state index contributed by atoms with van der Waals surface area (Å²) in [5, 5.41) is 3.51. The molecule has 0 saturated heterocycles. The van der Waals surface area contributed by atoms with Gasteiger partial charge in [-0.1, -0.05) is 0 Å². The van der Waals surface area contributed by atoms with Crippen LogP contribution < -0.4 is 5.32 Å². The van der Waals surface area contributed by atoms with Gasteiger partial charge in [-0.2, -0.15) is 0 Å². The minimum atomic E-state index is 0.313. The Labute approximate surface area is 102 Å². The highest BCUT2D eigenvalue weighted by atomic mass is 16.3. The van der Waals surface area contributed by atoms with Crippen molar-refractivity contribution < 1.29 is 4.42 Å². The first-order chi connectivity index (χ1) is 8.06. The lowest BCUT2D eigenvalue weighted by atomic mass is 10.1. The van der Waals surface area contributed by atoms with Gasteiger partial charge < -0.3 is 14.3 Å². The van der Waals surface area contributed by atoms with Gasteiger partial charge in [0.2, 0.25) is 0 Å². The van der Waals surface area contributed by atoms with E-state index in [4.69, 9.17) is 4.42 Å². The molecule has 0 aromatic carbocycles. The molecule has 3 heteroatoms. The maximum atomic E-state index is 5.55. The van der Waals surface area contributed by atoms with Gasteiger partial charge in [-0.25, -0.2) is 0 Å². The highest BCUT2D eigenvalue weighted by Gasteiger charge is 2.12. The number of aromatic nitrogens is 1. The second kappa shape index (κ2) is 4.80. The second-order valence-electron chi connectivity index (χ2n) is 4.66. The molecule has 2 heterocycles. The Balaban J connectivity index is 1.97. The van der Waals surface area contributed by atoms with Crippen LogP contribution in [-0.4, -0.2) is 4.57 Å². The van der Waals surface area contributed by atoms with E-state index in [0.717, 1.165) is 18.1 Å². The van der Waals surface area contributed by atoms with Crippen molar-refractivity contribution in [3.63, 3.8) is 0 Å². The topological polar surface area (TPSA) is 30.1 Å². The fourth-order valence-corrected chi connectivity index (χ4v) is 2.13. The van der Waals surface area contributed by atoms with E-state index < -0.39 is 0 Å². The van der Waals surface area contributed by atoms with Crippen LogP contribution in [0.1, 0.15) is 35.6 Å². The summed E-state index contributed by atoms with van der Waals surface area (Å²) in [6.45, 7) is 7.05. The predicted molar refractivity (Wildman–Crippen MR) is 68.8 cm³/mol. The number of nitrogens with zero attached hydrogens (tertiary/aromatic N) is 1. The molecule has 0 bridgehead atoms. The Morgan fingerprint density at radius 3 is 2.71 bits per heavy atom. The number of nitrogens with one attached hydrogen (secondary N) is 1. The Morgan fingerprint density at radius 2 is 2.18 bits per heavy atom. The molecule has 1 unspecified atom stereocenters.